The van der Waals surface area contributed by atoms with E-state index in [-0.39, 0.29) is 16.7 Å². The van der Waals surface area contributed by atoms with Crippen LogP contribution in [0.1, 0.15) is 55.4 Å². The van der Waals surface area contributed by atoms with Crippen molar-refractivity contribution in [2.45, 2.75) is 44.4 Å². The number of aromatic nitrogens is 2. The Morgan fingerprint density at radius 2 is 1.49 bits per heavy atom. The zero-order chi connectivity index (χ0) is 24.6. The van der Waals surface area contributed by atoms with E-state index in [4.69, 9.17) is 19.4 Å². The molecule has 2 bridgehead atoms. The third-order valence-electron chi connectivity index (χ3n) is 8.77. The van der Waals surface area contributed by atoms with Crippen LogP contribution in [0.4, 0.5) is 0 Å². The van der Waals surface area contributed by atoms with Crippen molar-refractivity contribution < 1.29 is 19.1 Å². The van der Waals surface area contributed by atoms with Crippen molar-refractivity contribution in [3.63, 3.8) is 0 Å². The minimum Gasteiger partial charge on any atom is -0.465 e. The maximum absolute atomic E-state index is 14.3. The average molecular weight is 467 g/mol. The third kappa shape index (κ3) is 2.60. The monoisotopic (exact) mass is 466 g/mol. The molecular weight excluding hydrogens is 440 g/mol. The van der Waals surface area contributed by atoms with Gasteiger partial charge in [0.25, 0.3) is 0 Å². The maximum Gasteiger partial charge on any atom is 0.341 e. The second kappa shape index (κ2) is 7.11. The Labute approximate surface area is 203 Å². The predicted molar refractivity (Wildman–Crippen MR) is 133 cm³/mol. The second-order valence-corrected chi connectivity index (χ2v) is 10.3. The normalized spacial score (nSPS) is 23.9. The lowest BCUT2D eigenvalue weighted by atomic mass is 9.64. The van der Waals surface area contributed by atoms with Crippen molar-refractivity contribution in [1.29, 1.82) is 0 Å². The topological polar surface area (TPSA) is 78.4 Å². The molecule has 6 rings (SSSR count). The molecule has 176 valence electrons. The van der Waals surface area contributed by atoms with Crippen molar-refractivity contribution in [3.05, 3.63) is 77.6 Å². The maximum atomic E-state index is 14.3. The highest BCUT2D eigenvalue weighted by molar-refractivity contribution is 6.03. The van der Waals surface area contributed by atoms with Gasteiger partial charge in [0.2, 0.25) is 0 Å². The van der Waals surface area contributed by atoms with Gasteiger partial charge in [0.05, 0.1) is 29.5 Å². The van der Waals surface area contributed by atoms with Gasteiger partial charge >= 0.3 is 11.9 Å². The quantitative estimate of drug-likeness (QED) is 0.293. The van der Waals surface area contributed by atoms with Crippen LogP contribution in [0, 0.1) is 5.41 Å². The van der Waals surface area contributed by atoms with E-state index in [0.29, 0.717) is 17.5 Å². The van der Waals surface area contributed by atoms with Crippen LogP contribution in [0.25, 0.3) is 21.8 Å². The number of fused-ring (bicyclic) bond motifs is 7. The highest BCUT2D eigenvalue weighted by atomic mass is 16.5. The van der Waals surface area contributed by atoms with Crippen LogP contribution in [-0.2, 0) is 20.4 Å². The zero-order valence-corrected chi connectivity index (χ0v) is 20.2. The Kier molecular flexibility index (Phi) is 4.41. The van der Waals surface area contributed by atoms with E-state index in [0.717, 1.165) is 28.5 Å². The molecule has 6 nitrogen and oxygen atoms in total. The second-order valence-electron chi connectivity index (χ2n) is 10.3. The van der Waals surface area contributed by atoms with E-state index in [1.54, 1.807) is 6.07 Å². The van der Waals surface area contributed by atoms with Crippen molar-refractivity contribution in [3.8, 4) is 5.75 Å². The van der Waals surface area contributed by atoms with Gasteiger partial charge in [-0.3, -0.25) is 4.79 Å². The number of carbonyl (C=O) groups is 2. The fourth-order valence-corrected chi connectivity index (χ4v) is 6.30. The Morgan fingerprint density at radius 3 is 2.20 bits per heavy atom. The first-order valence-electron chi connectivity index (χ1n) is 11.8. The number of hydrogen-bond donors (Lipinski definition) is 0. The van der Waals surface area contributed by atoms with Gasteiger partial charge in [0, 0.05) is 10.8 Å². The smallest absolute Gasteiger partial charge is 0.341 e. The first-order valence-corrected chi connectivity index (χ1v) is 11.8. The first-order chi connectivity index (χ1) is 16.7. The number of ether oxygens (including phenoxy) is 2. The van der Waals surface area contributed by atoms with Crippen molar-refractivity contribution in [1.82, 2.24) is 9.97 Å². The molecule has 0 saturated heterocycles. The summed E-state index contributed by atoms with van der Waals surface area (Å²) in [6.07, 6.45) is 1.40. The van der Waals surface area contributed by atoms with E-state index in [9.17, 15) is 9.59 Å². The number of esters is 2. The molecular formula is C29H26N2O4. The van der Waals surface area contributed by atoms with E-state index in [2.05, 4.69) is 20.8 Å². The molecule has 0 aliphatic heterocycles. The standard InChI is InChI=1S/C29H26N2O4/c1-27(2)28(3)15-16-29(27,24-23(28)30-20-11-7-8-12-21(20)31-24)26(33)35-22-18-10-6-5-9-17(18)13-14-19(22)25(32)34-4/h5-14H,15-16H2,1-4H3. The Bertz CT molecular complexity index is 1560. The van der Waals surface area contributed by atoms with E-state index in [1.807, 2.05) is 54.6 Å². The summed E-state index contributed by atoms with van der Waals surface area (Å²) in [6, 6.07) is 18.8. The number of benzene rings is 3. The van der Waals surface area contributed by atoms with Crippen LogP contribution >= 0.6 is 0 Å². The van der Waals surface area contributed by atoms with Crippen LogP contribution < -0.4 is 4.74 Å². The lowest BCUT2D eigenvalue weighted by Crippen LogP contribution is -2.48. The molecule has 1 aromatic heterocycles. The number of para-hydroxylation sites is 2. The molecule has 0 N–H and O–H groups in total. The Morgan fingerprint density at radius 1 is 0.829 bits per heavy atom. The molecule has 1 heterocycles. The molecule has 2 aliphatic carbocycles. The van der Waals surface area contributed by atoms with E-state index in [1.165, 1.54) is 7.11 Å². The number of methoxy groups -OCH3 is 1. The number of nitrogens with zero attached hydrogens (tertiary/aromatic N) is 2. The first kappa shape index (κ1) is 21.7. The minimum atomic E-state index is -0.988. The number of rotatable bonds is 3. The van der Waals surface area contributed by atoms with Crippen LogP contribution in [-0.4, -0.2) is 29.0 Å². The van der Waals surface area contributed by atoms with E-state index < -0.39 is 22.8 Å². The van der Waals surface area contributed by atoms with Gasteiger partial charge in [-0.2, -0.15) is 0 Å². The van der Waals surface area contributed by atoms with Gasteiger partial charge in [-0.05, 0) is 41.8 Å². The SMILES string of the molecule is COC(=O)c1ccc2ccccc2c1OC(=O)C12CCC(C)(c3nc4ccccc4nc31)C2(C)C. The summed E-state index contributed by atoms with van der Waals surface area (Å²) < 4.78 is 11.2. The molecule has 0 radical (unpaired) electrons. The van der Waals surface area contributed by atoms with Crippen molar-refractivity contribution >= 4 is 33.7 Å². The fraction of sp³-hybridized carbons (Fsp3) is 0.310. The Hall–Kier alpha value is -3.80. The molecule has 0 amide bonds. The van der Waals surface area contributed by atoms with Gasteiger partial charge in [-0.25, -0.2) is 14.8 Å². The average Bonchev–Trinajstić information content (AvgIpc) is 3.17. The largest absolute Gasteiger partial charge is 0.465 e. The summed E-state index contributed by atoms with van der Waals surface area (Å²) in [4.78, 5) is 36.9. The highest BCUT2D eigenvalue weighted by Crippen LogP contribution is 2.70. The molecule has 35 heavy (non-hydrogen) atoms. The molecule has 2 atom stereocenters. The minimum absolute atomic E-state index is 0.220. The van der Waals surface area contributed by atoms with Gasteiger partial charge < -0.3 is 9.47 Å². The molecule has 6 heteroatoms. The van der Waals surface area contributed by atoms with Gasteiger partial charge in [0.1, 0.15) is 11.0 Å². The lowest BCUT2D eigenvalue weighted by Gasteiger charge is -2.38. The van der Waals surface area contributed by atoms with Crippen molar-refractivity contribution in [2.24, 2.45) is 5.41 Å². The van der Waals surface area contributed by atoms with Gasteiger partial charge in [-0.15, -0.1) is 0 Å². The van der Waals surface area contributed by atoms with Gasteiger partial charge in [-0.1, -0.05) is 63.2 Å². The molecule has 2 unspecified atom stereocenters. The summed E-state index contributed by atoms with van der Waals surface area (Å²) in [5, 5.41) is 1.55. The fourth-order valence-electron chi connectivity index (χ4n) is 6.30. The zero-order valence-electron chi connectivity index (χ0n) is 20.2. The summed E-state index contributed by atoms with van der Waals surface area (Å²) in [5.74, 6) is -0.735. The van der Waals surface area contributed by atoms with Crippen molar-refractivity contribution in [2.75, 3.05) is 7.11 Å². The van der Waals surface area contributed by atoms with Gasteiger partial charge in [0.15, 0.2) is 5.75 Å². The van der Waals surface area contributed by atoms with Crippen LogP contribution in [0.15, 0.2) is 60.7 Å². The summed E-state index contributed by atoms with van der Waals surface area (Å²) in [6.45, 7) is 6.40. The molecule has 3 aromatic carbocycles. The number of hydrogen-bond acceptors (Lipinski definition) is 6. The number of carbonyl (C=O) groups excluding carboxylic acids is 2. The lowest BCUT2D eigenvalue weighted by molar-refractivity contribution is -0.145. The third-order valence-corrected chi connectivity index (χ3v) is 8.77. The predicted octanol–water partition coefficient (Wildman–Crippen LogP) is 5.50. The molecule has 1 fully saturated rings. The molecule has 0 spiro atoms. The van der Waals surface area contributed by atoms with E-state index >= 15 is 0 Å². The highest BCUT2D eigenvalue weighted by Gasteiger charge is 2.74. The van der Waals surface area contributed by atoms with Crippen LogP contribution in [0.2, 0.25) is 0 Å². The molecule has 1 saturated carbocycles. The van der Waals surface area contributed by atoms with Crippen LogP contribution in [0.5, 0.6) is 5.75 Å². The molecule has 4 aromatic rings. The Balaban J connectivity index is 1.56. The summed E-state index contributed by atoms with van der Waals surface area (Å²) in [5.41, 5.74) is 1.55. The summed E-state index contributed by atoms with van der Waals surface area (Å²) in [7, 11) is 1.32. The molecule has 2 aliphatic rings. The summed E-state index contributed by atoms with van der Waals surface area (Å²) >= 11 is 0. The van der Waals surface area contributed by atoms with Crippen LogP contribution in [0.3, 0.4) is 0 Å².